The van der Waals surface area contributed by atoms with Crippen LogP contribution in [-0.2, 0) is 6.18 Å². The van der Waals surface area contributed by atoms with Gasteiger partial charge in [0, 0.05) is 19.3 Å². The first-order chi connectivity index (χ1) is 7.99. The van der Waals surface area contributed by atoms with E-state index in [1.165, 1.54) is 0 Å². The lowest BCUT2D eigenvalue weighted by atomic mass is 10.3. The first-order valence-electron chi connectivity index (χ1n) is 5.64. The minimum Gasteiger partial charge on any atom is -0.341 e. The summed E-state index contributed by atoms with van der Waals surface area (Å²) in [6.45, 7) is 5.18. The highest BCUT2D eigenvalue weighted by molar-refractivity contribution is 5.30. The molecule has 0 spiro atoms. The fourth-order valence-electron chi connectivity index (χ4n) is 1.41. The third kappa shape index (κ3) is 3.87. The second kappa shape index (κ2) is 5.84. The van der Waals surface area contributed by atoms with E-state index in [1.807, 2.05) is 13.8 Å². The van der Waals surface area contributed by atoms with Crippen molar-refractivity contribution in [1.29, 1.82) is 0 Å². The fourth-order valence-corrected chi connectivity index (χ4v) is 1.41. The maximum atomic E-state index is 12.5. The van der Waals surface area contributed by atoms with Crippen LogP contribution in [-0.4, -0.2) is 23.1 Å². The maximum Gasteiger partial charge on any atom is 0.433 e. The molecule has 0 atom stereocenters. The molecule has 1 aromatic heterocycles. The Hall–Kier alpha value is -1.33. The molecule has 0 saturated heterocycles. The van der Waals surface area contributed by atoms with Crippen molar-refractivity contribution in [3.05, 3.63) is 18.0 Å². The highest BCUT2D eigenvalue weighted by Crippen LogP contribution is 2.28. The van der Waals surface area contributed by atoms with Crippen molar-refractivity contribution < 1.29 is 13.2 Å². The Morgan fingerprint density at radius 2 is 2.00 bits per heavy atom. The van der Waals surface area contributed by atoms with E-state index >= 15 is 0 Å². The summed E-state index contributed by atoms with van der Waals surface area (Å²) in [5.41, 5.74) is -0.891. The molecule has 1 heterocycles. The van der Waals surface area contributed by atoms with Crippen LogP contribution in [0.3, 0.4) is 0 Å². The van der Waals surface area contributed by atoms with E-state index in [4.69, 9.17) is 0 Å². The Morgan fingerprint density at radius 1 is 1.29 bits per heavy atom. The number of aromatic nitrogens is 2. The molecule has 3 nitrogen and oxygen atoms in total. The van der Waals surface area contributed by atoms with E-state index in [9.17, 15) is 13.2 Å². The van der Waals surface area contributed by atoms with Crippen molar-refractivity contribution in [3.63, 3.8) is 0 Å². The number of hydrogen-bond acceptors (Lipinski definition) is 3. The van der Waals surface area contributed by atoms with Crippen LogP contribution in [0.5, 0.6) is 0 Å². The molecule has 0 aliphatic rings. The summed E-state index contributed by atoms with van der Waals surface area (Å²) in [5, 5.41) is 0. The number of halogens is 3. The number of nitrogens with zero attached hydrogens (tertiary/aromatic N) is 3. The van der Waals surface area contributed by atoms with Crippen molar-refractivity contribution in [1.82, 2.24) is 9.97 Å². The summed E-state index contributed by atoms with van der Waals surface area (Å²) in [4.78, 5) is 9.20. The minimum atomic E-state index is -4.41. The average molecular weight is 247 g/mol. The molecule has 96 valence electrons. The van der Waals surface area contributed by atoms with Gasteiger partial charge in [0.25, 0.3) is 0 Å². The smallest absolute Gasteiger partial charge is 0.341 e. The molecule has 0 fully saturated rings. The molecular weight excluding hydrogens is 231 g/mol. The quantitative estimate of drug-likeness (QED) is 0.800. The maximum absolute atomic E-state index is 12.5. The van der Waals surface area contributed by atoms with Crippen molar-refractivity contribution in [2.24, 2.45) is 0 Å². The SMILES string of the molecule is CCCCN(CC)c1nccc(C(F)(F)F)n1. The number of hydrogen-bond donors (Lipinski definition) is 0. The van der Waals surface area contributed by atoms with Gasteiger partial charge in [-0.2, -0.15) is 13.2 Å². The first kappa shape index (κ1) is 13.7. The summed E-state index contributed by atoms with van der Waals surface area (Å²) in [6.07, 6.45) is -1.37. The highest BCUT2D eigenvalue weighted by atomic mass is 19.4. The van der Waals surface area contributed by atoms with Crippen molar-refractivity contribution in [2.75, 3.05) is 18.0 Å². The van der Waals surface area contributed by atoms with E-state index in [0.717, 1.165) is 25.1 Å². The lowest BCUT2D eigenvalue weighted by Gasteiger charge is -2.20. The van der Waals surface area contributed by atoms with Gasteiger partial charge in [-0.3, -0.25) is 0 Å². The molecule has 0 radical (unpaired) electrons. The Labute approximate surface area is 98.7 Å². The Kier molecular flexibility index (Phi) is 4.72. The Morgan fingerprint density at radius 3 is 2.53 bits per heavy atom. The van der Waals surface area contributed by atoms with Gasteiger partial charge in [-0.05, 0) is 19.4 Å². The molecule has 1 aromatic rings. The summed E-state index contributed by atoms with van der Waals surface area (Å²) >= 11 is 0. The van der Waals surface area contributed by atoms with Gasteiger partial charge >= 0.3 is 6.18 Å². The van der Waals surface area contributed by atoms with Gasteiger partial charge < -0.3 is 4.90 Å². The summed E-state index contributed by atoms with van der Waals surface area (Å²) < 4.78 is 37.4. The van der Waals surface area contributed by atoms with Crippen LogP contribution in [0, 0.1) is 0 Å². The van der Waals surface area contributed by atoms with Gasteiger partial charge in [0.1, 0.15) is 5.69 Å². The van der Waals surface area contributed by atoms with Gasteiger partial charge in [0.15, 0.2) is 0 Å². The molecule has 0 unspecified atom stereocenters. The molecule has 0 aliphatic heterocycles. The van der Waals surface area contributed by atoms with E-state index in [-0.39, 0.29) is 5.95 Å². The van der Waals surface area contributed by atoms with Crippen LogP contribution in [0.4, 0.5) is 19.1 Å². The van der Waals surface area contributed by atoms with Crippen molar-refractivity contribution in [2.45, 2.75) is 32.9 Å². The fraction of sp³-hybridized carbons (Fsp3) is 0.636. The number of anilines is 1. The van der Waals surface area contributed by atoms with E-state index in [1.54, 1.807) is 4.90 Å². The highest BCUT2D eigenvalue weighted by Gasteiger charge is 2.33. The number of unbranched alkanes of at least 4 members (excludes halogenated alkanes) is 1. The molecular formula is C11H16F3N3. The second-order valence-corrected chi connectivity index (χ2v) is 3.67. The standard InChI is InChI=1S/C11H16F3N3/c1-3-5-8-17(4-2)10-15-7-6-9(16-10)11(12,13)14/h6-7H,3-5,8H2,1-2H3. The van der Waals surface area contributed by atoms with Crippen LogP contribution in [0.25, 0.3) is 0 Å². The van der Waals surface area contributed by atoms with Gasteiger partial charge in [-0.15, -0.1) is 0 Å². The van der Waals surface area contributed by atoms with Gasteiger partial charge in [-0.1, -0.05) is 13.3 Å². The molecule has 0 aromatic carbocycles. The molecule has 6 heteroatoms. The van der Waals surface area contributed by atoms with Gasteiger partial charge in [0.05, 0.1) is 0 Å². The molecule has 0 aliphatic carbocycles. The predicted molar refractivity (Wildman–Crippen MR) is 59.8 cm³/mol. The zero-order chi connectivity index (χ0) is 12.9. The summed E-state index contributed by atoms with van der Waals surface area (Å²) in [5.74, 6) is 0.149. The van der Waals surface area contributed by atoms with Crippen molar-refractivity contribution in [3.8, 4) is 0 Å². The van der Waals surface area contributed by atoms with Crippen LogP contribution in [0.15, 0.2) is 12.3 Å². The van der Waals surface area contributed by atoms with Crippen LogP contribution in [0.1, 0.15) is 32.4 Å². The minimum absolute atomic E-state index is 0.149. The summed E-state index contributed by atoms with van der Waals surface area (Å²) in [7, 11) is 0. The third-order valence-corrected chi connectivity index (χ3v) is 2.38. The van der Waals surface area contributed by atoms with Crippen molar-refractivity contribution >= 4 is 5.95 Å². The van der Waals surface area contributed by atoms with Gasteiger partial charge in [0.2, 0.25) is 5.95 Å². The molecule has 1 rings (SSSR count). The zero-order valence-corrected chi connectivity index (χ0v) is 9.96. The Balaban J connectivity index is 2.89. The number of rotatable bonds is 5. The third-order valence-electron chi connectivity index (χ3n) is 2.38. The monoisotopic (exact) mass is 247 g/mol. The van der Waals surface area contributed by atoms with Gasteiger partial charge in [-0.25, -0.2) is 9.97 Å². The largest absolute Gasteiger partial charge is 0.433 e. The lowest BCUT2D eigenvalue weighted by molar-refractivity contribution is -0.141. The molecule has 17 heavy (non-hydrogen) atoms. The lowest BCUT2D eigenvalue weighted by Crippen LogP contribution is -2.26. The average Bonchev–Trinajstić information content (AvgIpc) is 2.29. The molecule has 0 bridgehead atoms. The summed E-state index contributed by atoms with van der Waals surface area (Å²) in [6, 6.07) is 0.886. The topological polar surface area (TPSA) is 29.0 Å². The first-order valence-corrected chi connectivity index (χ1v) is 5.64. The second-order valence-electron chi connectivity index (χ2n) is 3.67. The normalized spacial score (nSPS) is 11.6. The predicted octanol–water partition coefficient (Wildman–Crippen LogP) is 3.12. The van der Waals surface area contributed by atoms with E-state index < -0.39 is 11.9 Å². The van der Waals surface area contributed by atoms with E-state index in [0.29, 0.717) is 13.1 Å². The van der Waals surface area contributed by atoms with Crippen LogP contribution >= 0.6 is 0 Å². The molecule has 0 saturated carbocycles. The zero-order valence-electron chi connectivity index (χ0n) is 9.96. The Bertz CT molecular complexity index is 352. The number of alkyl halides is 3. The van der Waals surface area contributed by atoms with Crippen LogP contribution in [0.2, 0.25) is 0 Å². The van der Waals surface area contributed by atoms with Crippen LogP contribution < -0.4 is 4.90 Å². The van der Waals surface area contributed by atoms with E-state index in [2.05, 4.69) is 9.97 Å². The molecule has 0 amide bonds. The molecule has 0 N–H and O–H groups in total.